The number of para-hydroxylation sites is 1. The molecule has 6 heteroatoms. The molecule has 2 N–H and O–H groups in total. The molecule has 0 spiro atoms. The Morgan fingerprint density at radius 3 is 2.46 bits per heavy atom. The third-order valence-corrected chi connectivity index (χ3v) is 4.56. The number of Topliss-reactive ketones (excluding diaryl/α,β-unsaturated/α-hetero) is 1. The van der Waals surface area contributed by atoms with Crippen molar-refractivity contribution in [3.8, 4) is 5.75 Å². The molecule has 146 valence electrons. The molecule has 1 aliphatic rings. The Labute approximate surface area is 164 Å². The van der Waals surface area contributed by atoms with Crippen molar-refractivity contribution in [1.29, 1.82) is 0 Å². The van der Waals surface area contributed by atoms with E-state index >= 15 is 0 Å². The topological polar surface area (TPSA) is 84.5 Å². The molecule has 28 heavy (non-hydrogen) atoms. The van der Waals surface area contributed by atoms with E-state index in [4.69, 9.17) is 4.74 Å². The number of ketones is 1. The summed E-state index contributed by atoms with van der Waals surface area (Å²) in [6.07, 6.45) is 0.184. The van der Waals surface area contributed by atoms with Gasteiger partial charge in [-0.2, -0.15) is 0 Å². The van der Waals surface area contributed by atoms with Crippen LogP contribution in [-0.2, 0) is 15.0 Å². The predicted molar refractivity (Wildman–Crippen MR) is 108 cm³/mol. The van der Waals surface area contributed by atoms with Gasteiger partial charge in [-0.1, -0.05) is 51.1 Å². The summed E-state index contributed by atoms with van der Waals surface area (Å²) in [6.45, 7) is 6.26. The summed E-state index contributed by atoms with van der Waals surface area (Å²) < 4.78 is 5.41. The van der Waals surface area contributed by atoms with Crippen molar-refractivity contribution in [3.05, 3.63) is 53.6 Å². The molecule has 6 nitrogen and oxygen atoms in total. The highest BCUT2D eigenvalue weighted by molar-refractivity contribution is 6.02. The lowest BCUT2D eigenvalue weighted by Crippen LogP contribution is -2.26. The van der Waals surface area contributed by atoms with Gasteiger partial charge in [-0.25, -0.2) is 0 Å². The molecule has 0 radical (unpaired) electrons. The first-order valence-electron chi connectivity index (χ1n) is 9.23. The van der Waals surface area contributed by atoms with Gasteiger partial charge in [0.25, 0.3) is 5.91 Å². The van der Waals surface area contributed by atoms with Crippen LogP contribution in [0.4, 0.5) is 11.4 Å². The number of fused-ring (bicyclic) bond motifs is 1. The minimum atomic E-state index is -0.284. The average Bonchev–Trinajstić information content (AvgIpc) is 2.65. The van der Waals surface area contributed by atoms with Gasteiger partial charge in [-0.15, -0.1) is 0 Å². The molecule has 0 aliphatic carbocycles. The number of carbonyl (C=O) groups is 3. The highest BCUT2D eigenvalue weighted by Crippen LogP contribution is 2.35. The molecular weight excluding hydrogens is 356 g/mol. The first-order chi connectivity index (χ1) is 13.2. The number of hydrogen-bond acceptors (Lipinski definition) is 4. The second-order valence-corrected chi connectivity index (χ2v) is 7.82. The maximum Gasteiger partial charge on any atom is 0.262 e. The van der Waals surface area contributed by atoms with Crippen LogP contribution in [0, 0.1) is 0 Å². The molecule has 2 amide bonds. The number of rotatable bonds is 5. The van der Waals surface area contributed by atoms with Gasteiger partial charge in [0, 0.05) is 18.4 Å². The molecular formula is C22H24N2O4. The quantitative estimate of drug-likeness (QED) is 0.770. The summed E-state index contributed by atoms with van der Waals surface area (Å²) in [6, 6.07) is 12.6. The van der Waals surface area contributed by atoms with Crippen molar-refractivity contribution in [2.45, 2.75) is 39.0 Å². The number of ether oxygens (including phenoxy) is 1. The SMILES string of the molecule is CC(C)(C)c1ccc(C(=O)CCC(=O)Nc2cccc3c2OCC(=O)N3)cc1. The van der Waals surface area contributed by atoms with Crippen LogP contribution in [0.1, 0.15) is 49.5 Å². The van der Waals surface area contributed by atoms with E-state index in [1.165, 1.54) is 0 Å². The lowest BCUT2D eigenvalue weighted by atomic mass is 9.86. The van der Waals surface area contributed by atoms with Crippen LogP contribution in [0.2, 0.25) is 0 Å². The molecule has 2 aromatic rings. The van der Waals surface area contributed by atoms with Crippen LogP contribution in [-0.4, -0.2) is 24.2 Å². The minimum Gasteiger partial charge on any atom is -0.479 e. The minimum absolute atomic E-state index is 0.0256. The Balaban J connectivity index is 1.58. The summed E-state index contributed by atoms with van der Waals surface area (Å²) in [7, 11) is 0. The van der Waals surface area contributed by atoms with Crippen LogP contribution in [0.15, 0.2) is 42.5 Å². The van der Waals surface area contributed by atoms with Crippen LogP contribution in [0.5, 0.6) is 5.75 Å². The van der Waals surface area contributed by atoms with Gasteiger partial charge in [0.2, 0.25) is 5.91 Å². The third kappa shape index (κ3) is 4.57. The van der Waals surface area contributed by atoms with Crippen molar-refractivity contribution in [1.82, 2.24) is 0 Å². The van der Waals surface area contributed by atoms with Crippen molar-refractivity contribution in [2.24, 2.45) is 0 Å². The van der Waals surface area contributed by atoms with E-state index in [2.05, 4.69) is 31.4 Å². The van der Waals surface area contributed by atoms with Gasteiger partial charge in [0.05, 0.1) is 11.4 Å². The van der Waals surface area contributed by atoms with E-state index in [-0.39, 0.29) is 42.5 Å². The van der Waals surface area contributed by atoms with Crippen molar-refractivity contribution in [3.63, 3.8) is 0 Å². The Bertz CT molecular complexity index is 911. The summed E-state index contributed by atoms with van der Waals surface area (Å²) in [4.78, 5) is 36.0. The summed E-state index contributed by atoms with van der Waals surface area (Å²) >= 11 is 0. The van der Waals surface area contributed by atoms with Crippen molar-refractivity contribution in [2.75, 3.05) is 17.2 Å². The highest BCUT2D eigenvalue weighted by Gasteiger charge is 2.20. The molecule has 3 rings (SSSR count). The fourth-order valence-corrected chi connectivity index (χ4v) is 2.95. The largest absolute Gasteiger partial charge is 0.479 e. The first-order valence-corrected chi connectivity index (χ1v) is 9.23. The lowest BCUT2D eigenvalue weighted by molar-refractivity contribution is -0.118. The van der Waals surface area contributed by atoms with Crippen LogP contribution in [0.3, 0.4) is 0 Å². The standard InChI is InChI=1S/C22H24N2O4/c1-22(2,3)15-9-7-14(8-10-15)18(25)11-12-19(26)23-16-5-4-6-17-21(16)28-13-20(27)24-17/h4-10H,11-13H2,1-3H3,(H,23,26)(H,24,27). The molecule has 0 aromatic heterocycles. The zero-order valence-electron chi connectivity index (χ0n) is 16.3. The normalized spacial score (nSPS) is 13.2. The summed E-state index contributed by atoms with van der Waals surface area (Å²) in [5.41, 5.74) is 2.78. The van der Waals surface area contributed by atoms with Gasteiger partial charge in [0.1, 0.15) is 0 Å². The fourth-order valence-electron chi connectivity index (χ4n) is 2.95. The highest BCUT2D eigenvalue weighted by atomic mass is 16.5. The molecule has 0 fully saturated rings. The van der Waals surface area contributed by atoms with Gasteiger partial charge < -0.3 is 15.4 Å². The average molecular weight is 380 g/mol. The number of benzene rings is 2. The van der Waals surface area contributed by atoms with Crippen LogP contribution < -0.4 is 15.4 Å². The third-order valence-electron chi connectivity index (χ3n) is 4.56. The number of carbonyl (C=O) groups excluding carboxylic acids is 3. The van der Waals surface area contributed by atoms with E-state index in [9.17, 15) is 14.4 Å². The maximum absolute atomic E-state index is 12.4. The zero-order chi connectivity index (χ0) is 20.3. The summed E-state index contributed by atoms with van der Waals surface area (Å²) in [5.74, 6) is -0.165. The van der Waals surface area contributed by atoms with E-state index in [1.54, 1.807) is 18.2 Å². The Morgan fingerprint density at radius 1 is 1.07 bits per heavy atom. The number of hydrogen-bond donors (Lipinski definition) is 2. The van der Waals surface area contributed by atoms with Crippen LogP contribution >= 0.6 is 0 Å². The Hall–Kier alpha value is -3.15. The first kappa shape index (κ1) is 19.6. The van der Waals surface area contributed by atoms with E-state index < -0.39 is 0 Å². The molecule has 1 heterocycles. The Morgan fingerprint density at radius 2 is 1.79 bits per heavy atom. The van der Waals surface area contributed by atoms with Gasteiger partial charge in [-0.3, -0.25) is 14.4 Å². The molecule has 1 aliphatic heterocycles. The zero-order valence-corrected chi connectivity index (χ0v) is 16.3. The molecule has 0 saturated carbocycles. The predicted octanol–water partition coefficient (Wildman–Crippen LogP) is 3.92. The van der Waals surface area contributed by atoms with Gasteiger partial charge in [0.15, 0.2) is 18.1 Å². The monoisotopic (exact) mass is 380 g/mol. The number of anilines is 2. The second-order valence-electron chi connectivity index (χ2n) is 7.82. The molecule has 0 saturated heterocycles. The lowest BCUT2D eigenvalue weighted by Gasteiger charge is -2.20. The van der Waals surface area contributed by atoms with E-state index in [0.717, 1.165) is 5.56 Å². The van der Waals surface area contributed by atoms with Gasteiger partial charge >= 0.3 is 0 Å². The fraction of sp³-hybridized carbons (Fsp3) is 0.318. The van der Waals surface area contributed by atoms with E-state index in [0.29, 0.717) is 22.7 Å². The van der Waals surface area contributed by atoms with Crippen LogP contribution in [0.25, 0.3) is 0 Å². The second kappa shape index (κ2) is 7.84. The van der Waals surface area contributed by atoms with Crippen molar-refractivity contribution >= 4 is 29.0 Å². The number of nitrogens with one attached hydrogen (secondary N) is 2. The number of amides is 2. The van der Waals surface area contributed by atoms with Crippen molar-refractivity contribution < 1.29 is 19.1 Å². The smallest absolute Gasteiger partial charge is 0.262 e. The molecule has 0 bridgehead atoms. The Kier molecular flexibility index (Phi) is 5.49. The van der Waals surface area contributed by atoms with Gasteiger partial charge in [-0.05, 0) is 23.1 Å². The molecule has 0 atom stereocenters. The summed E-state index contributed by atoms with van der Waals surface area (Å²) in [5, 5.41) is 5.44. The maximum atomic E-state index is 12.4. The van der Waals surface area contributed by atoms with E-state index in [1.807, 2.05) is 24.3 Å². The molecule has 0 unspecified atom stereocenters. The molecule has 2 aromatic carbocycles.